The SMILES string of the molecule is O=C(Nc1ccc(F)c(Oc2ccc3ncc(N4CCNCC4)nc3c2)c1)c1ccc(Cl)c(F)c1.O=C(Nc1ccc(F)c(Oc2ccc3ncc(N4CCNCC4)nc3c2)c1)c1cccc(C(F)(F)F)c1. The average Bonchev–Trinajstić information content (AvgIpc) is 3.39. The molecule has 2 aliphatic rings. The molecule has 0 aliphatic carbocycles. The van der Waals surface area contributed by atoms with E-state index >= 15 is 0 Å². The number of nitrogens with one attached hydrogen (secondary N) is 4. The highest BCUT2D eigenvalue weighted by atomic mass is 35.5. The predicted octanol–water partition coefficient (Wildman–Crippen LogP) is 10.3. The van der Waals surface area contributed by atoms with E-state index in [-0.39, 0.29) is 39.0 Å². The lowest BCUT2D eigenvalue weighted by Crippen LogP contribution is -2.43. The number of aromatic nitrogens is 4. The van der Waals surface area contributed by atoms with Crippen LogP contribution in [0.15, 0.2) is 128 Å². The van der Waals surface area contributed by atoms with Crippen LogP contribution in [0, 0.1) is 17.5 Å². The molecule has 4 heterocycles. The molecule has 368 valence electrons. The van der Waals surface area contributed by atoms with E-state index in [4.69, 9.17) is 26.1 Å². The van der Waals surface area contributed by atoms with Crippen molar-refractivity contribution in [2.24, 2.45) is 0 Å². The number of piperazine rings is 2. The Morgan fingerprint density at radius 1 is 0.556 bits per heavy atom. The Morgan fingerprint density at radius 3 is 1.51 bits per heavy atom. The van der Waals surface area contributed by atoms with E-state index in [1.165, 1.54) is 48.5 Å². The van der Waals surface area contributed by atoms with Crippen molar-refractivity contribution in [3.05, 3.63) is 167 Å². The Labute approximate surface area is 412 Å². The summed E-state index contributed by atoms with van der Waals surface area (Å²) in [4.78, 5) is 47.5. The maximum Gasteiger partial charge on any atom is 0.416 e. The van der Waals surface area contributed by atoms with Gasteiger partial charge in [-0.2, -0.15) is 13.2 Å². The molecule has 0 saturated carbocycles. The van der Waals surface area contributed by atoms with Crippen molar-refractivity contribution < 1.29 is 45.4 Å². The topological polar surface area (TPSA) is 159 Å². The normalized spacial score (nSPS) is 13.8. The van der Waals surface area contributed by atoms with Crippen molar-refractivity contribution in [3.63, 3.8) is 0 Å². The number of benzene rings is 6. The third-order valence-corrected chi connectivity index (χ3v) is 11.7. The molecule has 2 aliphatic heterocycles. The Hall–Kier alpha value is -8.07. The fraction of sp³-hybridized carbons (Fsp3) is 0.176. The molecule has 0 unspecified atom stereocenters. The molecule has 0 atom stereocenters. The maximum atomic E-state index is 14.5. The Balaban J connectivity index is 0.000000178. The van der Waals surface area contributed by atoms with Gasteiger partial charge in [-0.25, -0.2) is 23.1 Å². The molecule has 8 aromatic rings. The van der Waals surface area contributed by atoms with Crippen molar-refractivity contribution in [3.8, 4) is 23.0 Å². The monoisotopic (exact) mass is 1010 g/mol. The molecule has 2 aromatic heterocycles. The number of halogens is 7. The number of alkyl halides is 3. The molecule has 2 fully saturated rings. The number of carbonyl (C=O) groups excluding carboxylic acids is 2. The second-order valence-corrected chi connectivity index (χ2v) is 16.7. The minimum Gasteiger partial charge on any atom is -0.454 e. The van der Waals surface area contributed by atoms with E-state index in [1.54, 1.807) is 48.8 Å². The molecule has 2 amide bonds. The van der Waals surface area contributed by atoms with Gasteiger partial charge in [0.15, 0.2) is 23.1 Å². The summed E-state index contributed by atoms with van der Waals surface area (Å²) >= 11 is 5.67. The Kier molecular flexibility index (Phi) is 14.6. The predicted molar refractivity (Wildman–Crippen MR) is 261 cm³/mol. The van der Waals surface area contributed by atoms with Gasteiger partial charge in [-0.05, 0) is 84.9 Å². The van der Waals surface area contributed by atoms with Gasteiger partial charge >= 0.3 is 6.18 Å². The van der Waals surface area contributed by atoms with Crippen LogP contribution in [-0.4, -0.2) is 84.1 Å². The molecule has 72 heavy (non-hydrogen) atoms. The van der Waals surface area contributed by atoms with Crippen molar-refractivity contribution in [2.45, 2.75) is 6.18 Å². The molecule has 0 spiro atoms. The lowest BCUT2D eigenvalue weighted by molar-refractivity contribution is -0.137. The molecule has 21 heteroatoms. The highest BCUT2D eigenvalue weighted by Crippen LogP contribution is 2.33. The molecule has 14 nitrogen and oxygen atoms in total. The fourth-order valence-electron chi connectivity index (χ4n) is 7.64. The summed E-state index contributed by atoms with van der Waals surface area (Å²) in [5.41, 5.74) is 1.91. The lowest BCUT2D eigenvalue weighted by atomic mass is 10.1. The lowest BCUT2D eigenvalue weighted by Gasteiger charge is -2.28. The highest BCUT2D eigenvalue weighted by molar-refractivity contribution is 6.30. The zero-order valence-corrected chi connectivity index (χ0v) is 38.5. The molecular weight excluding hydrogens is 966 g/mol. The van der Waals surface area contributed by atoms with Crippen LogP contribution in [0.25, 0.3) is 22.1 Å². The zero-order valence-electron chi connectivity index (χ0n) is 37.7. The van der Waals surface area contributed by atoms with Crippen molar-refractivity contribution in [1.29, 1.82) is 0 Å². The van der Waals surface area contributed by atoms with E-state index in [1.807, 2.05) is 0 Å². The average molecular weight is 1010 g/mol. The summed E-state index contributed by atoms with van der Waals surface area (Å²) in [5, 5.41) is 11.6. The second kappa shape index (κ2) is 21.5. The van der Waals surface area contributed by atoms with Crippen LogP contribution in [0.1, 0.15) is 26.3 Å². The number of fused-ring (bicyclic) bond motifs is 2. The summed E-state index contributed by atoms with van der Waals surface area (Å²) in [6.45, 7) is 6.74. The quantitative estimate of drug-likeness (QED) is 0.0963. The van der Waals surface area contributed by atoms with E-state index in [0.717, 1.165) is 94.3 Å². The first-order chi connectivity index (χ1) is 34.7. The Bertz CT molecular complexity index is 3300. The number of nitrogens with zero attached hydrogens (tertiary/aromatic N) is 6. The number of amides is 2. The van der Waals surface area contributed by atoms with Crippen LogP contribution >= 0.6 is 11.6 Å². The van der Waals surface area contributed by atoms with Gasteiger partial charge in [0, 0.05) is 99.1 Å². The van der Waals surface area contributed by atoms with E-state index in [0.29, 0.717) is 33.6 Å². The number of ether oxygens (including phenoxy) is 2. The van der Waals surface area contributed by atoms with Gasteiger partial charge in [0.1, 0.15) is 29.0 Å². The van der Waals surface area contributed by atoms with Crippen molar-refractivity contribution in [1.82, 2.24) is 30.6 Å². The summed E-state index contributed by atoms with van der Waals surface area (Å²) < 4.78 is 93.1. The summed E-state index contributed by atoms with van der Waals surface area (Å²) in [7, 11) is 0. The van der Waals surface area contributed by atoms with Gasteiger partial charge in [-0.15, -0.1) is 0 Å². The van der Waals surface area contributed by atoms with Crippen LogP contribution in [0.5, 0.6) is 23.0 Å². The van der Waals surface area contributed by atoms with Crippen LogP contribution in [0.4, 0.5) is 49.4 Å². The summed E-state index contributed by atoms with van der Waals surface area (Å²) in [5.74, 6) is -1.43. The largest absolute Gasteiger partial charge is 0.454 e. The molecular formula is C51H41ClF6N10O4. The summed E-state index contributed by atoms with van der Waals surface area (Å²) in [6, 6.07) is 25.4. The van der Waals surface area contributed by atoms with Crippen LogP contribution in [-0.2, 0) is 6.18 Å². The standard InChI is InChI=1S/C26H21F4N5O2.C25H20ClF2N5O2/c27-20-6-4-18(33-25(36)16-2-1-3-17(12-16)26(28,29)30)13-23(20)37-19-5-7-21-22(14-19)34-24(15-32-21)35-10-8-31-9-11-35;26-18-4-1-15(11-20(18)28)25(34)31-16-2-5-19(27)23(12-16)35-17-3-6-21-22(13-17)32-24(14-30-21)33-9-7-29-8-10-33/h1-7,12-15,31H,8-11H2,(H,33,36);1-6,11-14,29H,7-10H2,(H,31,34). The number of hydrogen-bond donors (Lipinski definition) is 4. The van der Waals surface area contributed by atoms with Gasteiger partial charge in [0.25, 0.3) is 11.8 Å². The van der Waals surface area contributed by atoms with Crippen molar-refractivity contribution in [2.75, 3.05) is 72.8 Å². The first kappa shape index (κ1) is 48.9. The summed E-state index contributed by atoms with van der Waals surface area (Å²) in [6.07, 6.45) is -1.12. The van der Waals surface area contributed by atoms with E-state index < -0.39 is 41.0 Å². The highest BCUT2D eigenvalue weighted by Gasteiger charge is 2.31. The van der Waals surface area contributed by atoms with Crippen LogP contribution in [0.2, 0.25) is 5.02 Å². The van der Waals surface area contributed by atoms with Gasteiger partial charge in [0.05, 0.1) is 45.0 Å². The molecule has 0 bridgehead atoms. The number of hydrogen-bond acceptors (Lipinski definition) is 12. The molecule has 6 aromatic carbocycles. The minimum absolute atomic E-state index is 0.0760. The van der Waals surface area contributed by atoms with Gasteiger partial charge in [-0.1, -0.05) is 17.7 Å². The van der Waals surface area contributed by atoms with Gasteiger partial charge < -0.3 is 40.5 Å². The number of anilines is 4. The maximum absolute atomic E-state index is 14.5. The fourth-order valence-corrected chi connectivity index (χ4v) is 7.75. The minimum atomic E-state index is -4.58. The van der Waals surface area contributed by atoms with E-state index in [2.05, 4.69) is 46.0 Å². The van der Waals surface area contributed by atoms with E-state index in [9.17, 15) is 35.9 Å². The molecule has 0 radical (unpaired) electrons. The third kappa shape index (κ3) is 11.9. The van der Waals surface area contributed by atoms with Gasteiger partial charge in [0.2, 0.25) is 0 Å². The number of rotatable bonds is 10. The molecule has 10 rings (SSSR count). The van der Waals surface area contributed by atoms with Crippen molar-refractivity contribution >= 4 is 68.5 Å². The molecule has 4 N–H and O–H groups in total. The number of carbonyl (C=O) groups is 2. The zero-order chi connectivity index (χ0) is 50.4. The first-order valence-electron chi connectivity index (χ1n) is 22.4. The molecule has 2 saturated heterocycles. The second-order valence-electron chi connectivity index (χ2n) is 16.3. The smallest absolute Gasteiger partial charge is 0.416 e. The van der Waals surface area contributed by atoms with Gasteiger partial charge in [-0.3, -0.25) is 19.6 Å². The van der Waals surface area contributed by atoms with Crippen LogP contribution < -0.4 is 40.5 Å². The van der Waals surface area contributed by atoms with Crippen LogP contribution in [0.3, 0.4) is 0 Å². The first-order valence-corrected chi connectivity index (χ1v) is 22.7. The third-order valence-electron chi connectivity index (χ3n) is 11.4. The Morgan fingerprint density at radius 2 is 1.04 bits per heavy atom.